The minimum absolute atomic E-state index is 0.0117. The second-order valence-corrected chi connectivity index (χ2v) is 8.31. The third-order valence-corrected chi connectivity index (χ3v) is 5.89. The van der Waals surface area contributed by atoms with Crippen LogP contribution in [-0.4, -0.2) is 27.6 Å². The van der Waals surface area contributed by atoms with E-state index in [4.69, 9.17) is 4.74 Å². The first-order valence-corrected chi connectivity index (χ1v) is 10.7. The average Bonchev–Trinajstić information content (AvgIpc) is 2.75. The summed E-state index contributed by atoms with van der Waals surface area (Å²) in [6, 6.07) is 12.3. The van der Waals surface area contributed by atoms with Gasteiger partial charge < -0.3 is 4.74 Å². The van der Waals surface area contributed by atoms with E-state index >= 15 is 0 Å². The van der Waals surface area contributed by atoms with E-state index in [-0.39, 0.29) is 10.5 Å². The quantitative estimate of drug-likeness (QED) is 0.412. The van der Waals surface area contributed by atoms with Crippen molar-refractivity contribution in [3.63, 3.8) is 0 Å². The number of ether oxygens (including phenoxy) is 1. The van der Waals surface area contributed by atoms with E-state index in [1.54, 1.807) is 36.5 Å². The molecule has 0 unspecified atom stereocenters. The Hall–Kier alpha value is -3.13. The molecule has 3 rings (SSSR count). The van der Waals surface area contributed by atoms with E-state index in [2.05, 4.69) is 27.4 Å². The van der Waals surface area contributed by atoms with Gasteiger partial charge in [0.25, 0.3) is 15.9 Å². The maximum atomic E-state index is 12.6. The lowest BCUT2D eigenvalue weighted by Crippen LogP contribution is -2.20. The van der Waals surface area contributed by atoms with Crippen LogP contribution < -0.4 is 14.9 Å². The summed E-state index contributed by atoms with van der Waals surface area (Å²) in [5.41, 5.74) is 3.07. The molecule has 0 aliphatic heterocycles. The predicted molar refractivity (Wildman–Crippen MR) is 113 cm³/mol. The standard InChI is InChI=1S/C21H23N3O4S/c1-28-19-12-10-18(11-13-19)24-29(26,27)20-9-5-8-17(14-20)21(25)23-22-15-16-6-3-2-4-7-16/h2-3,5,8-16,24H,4,6-7H2,1H3,(H,23,25)/b22-15-/t16-/m0/s1. The summed E-state index contributed by atoms with van der Waals surface area (Å²) in [6.07, 6.45) is 8.88. The molecular formula is C21H23N3O4S. The molecule has 0 saturated heterocycles. The Kier molecular flexibility index (Phi) is 6.66. The van der Waals surface area contributed by atoms with Crippen molar-refractivity contribution in [2.45, 2.75) is 24.2 Å². The number of rotatable bonds is 7. The largest absolute Gasteiger partial charge is 0.497 e. The summed E-state index contributed by atoms with van der Waals surface area (Å²) in [6.45, 7) is 0. The topological polar surface area (TPSA) is 96.9 Å². The number of allylic oxidation sites excluding steroid dienone is 2. The summed E-state index contributed by atoms with van der Waals surface area (Å²) in [7, 11) is -2.31. The fourth-order valence-electron chi connectivity index (χ4n) is 2.90. The Morgan fingerprint density at radius 2 is 1.97 bits per heavy atom. The van der Waals surface area contributed by atoms with E-state index in [9.17, 15) is 13.2 Å². The molecule has 152 valence electrons. The van der Waals surface area contributed by atoms with Crippen LogP contribution in [0.4, 0.5) is 5.69 Å². The molecule has 1 amide bonds. The van der Waals surface area contributed by atoms with Crippen molar-refractivity contribution in [2.75, 3.05) is 11.8 Å². The number of benzene rings is 2. The molecule has 1 aliphatic carbocycles. The van der Waals surface area contributed by atoms with E-state index < -0.39 is 15.9 Å². The second-order valence-electron chi connectivity index (χ2n) is 6.63. The van der Waals surface area contributed by atoms with Crippen molar-refractivity contribution in [1.82, 2.24) is 5.43 Å². The molecule has 0 saturated carbocycles. The number of hydrogen-bond donors (Lipinski definition) is 2. The Balaban J connectivity index is 1.67. The number of hydrazone groups is 1. The number of carbonyl (C=O) groups excluding carboxylic acids is 1. The van der Waals surface area contributed by atoms with Gasteiger partial charge in [-0.1, -0.05) is 18.2 Å². The highest BCUT2D eigenvalue weighted by atomic mass is 32.2. The first kappa shape index (κ1) is 20.6. The molecule has 7 nitrogen and oxygen atoms in total. The Morgan fingerprint density at radius 1 is 1.17 bits per heavy atom. The number of methoxy groups -OCH3 is 1. The molecule has 0 spiro atoms. The van der Waals surface area contributed by atoms with Gasteiger partial charge in [0.2, 0.25) is 0 Å². The molecule has 0 fully saturated rings. The van der Waals surface area contributed by atoms with Crippen molar-refractivity contribution >= 4 is 27.8 Å². The van der Waals surface area contributed by atoms with Crippen LogP contribution in [0.5, 0.6) is 5.75 Å². The van der Waals surface area contributed by atoms with Crippen LogP contribution in [0.2, 0.25) is 0 Å². The number of nitrogens with zero attached hydrogens (tertiary/aromatic N) is 1. The van der Waals surface area contributed by atoms with Crippen LogP contribution in [0.15, 0.2) is 70.7 Å². The van der Waals surface area contributed by atoms with E-state index in [1.165, 1.54) is 25.3 Å². The molecule has 29 heavy (non-hydrogen) atoms. The highest BCUT2D eigenvalue weighted by Crippen LogP contribution is 2.20. The van der Waals surface area contributed by atoms with Crippen LogP contribution in [0.1, 0.15) is 29.6 Å². The molecular weight excluding hydrogens is 390 g/mol. The molecule has 8 heteroatoms. The molecule has 0 bridgehead atoms. The second kappa shape index (κ2) is 9.38. The number of sulfonamides is 1. The van der Waals surface area contributed by atoms with Crippen LogP contribution in [0, 0.1) is 5.92 Å². The molecule has 2 aromatic carbocycles. The lowest BCUT2D eigenvalue weighted by atomic mass is 9.96. The van der Waals surface area contributed by atoms with Crippen molar-refractivity contribution in [1.29, 1.82) is 0 Å². The van der Waals surface area contributed by atoms with E-state index in [0.717, 1.165) is 19.3 Å². The van der Waals surface area contributed by atoms with Crippen molar-refractivity contribution in [2.24, 2.45) is 11.0 Å². The number of hydrogen-bond acceptors (Lipinski definition) is 5. The Labute approximate surface area is 170 Å². The van der Waals surface area contributed by atoms with Gasteiger partial charge in [-0.05, 0) is 67.6 Å². The van der Waals surface area contributed by atoms with Crippen molar-refractivity contribution in [3.05, 3.63) is 66.2 Å². The average molecular weight is 413 g/mol. The monoisotopic (exact) mass is 413 g/mol. The van der Waals surface area contributed by atoms with Crippen molar-refractivity contribution in [3.8, 4) is 5.75 Å². The van der Waals surface area contributed by atoms with Gasteiger partial charge in [-0.25, -0.2) is 13.8 Å². The maximum Gasteiger partial charge on any atom is 0.271 e. The van der Waals surface area contributed by atoms with E-state index in [1.807, 2.05) is 0 Å². The van der Waals surface area contributed by atoms with Gasteiger partial charge in [0.05, 0.1) is 12.0 Å². The third kappa shape index (κ3) is 5.68. The number of carbonyl (C=O) groups is 1. The number of nitrogens with one attached hydrogen (secondary N) is 2. The van der Waals surface area contributed by atoms with Crippen LogP contribution in [0.3, 0.4) is 0 Å². The van der Waals surface area contributed by atoms with Crippen molar-refractivity contribution < 1.29 is 17.9 Å². The highest BCUT2D eigenvalue weighted by molar-refractivity contribution is 7.92. The summed E-state index contributed by atoms with van der Waals surface area (Å²) >= 11 is 0. The predicted octanol–water partition coefficient (Wildman–Crippen LogP) is 3.57. The lowest BCUT2D eigenvalue weighted by molar-refractivity contribution is 0.0954. The van der Waals surface area contributed by atoms with Gasteiger partial charge >= 0.3 is 0 Å². The molecule has 0 heterocycles. The highest BCUT2D eigenvalue weighted by Gasteiger charge is 2.17. The van der Waals surface area contributed by atoms with Gasteiger partial charge in [-0.2, -0.15) is 5.10 Å². The maximum absolute atomic E-state index is 12.6. The third-order valence-electron chi connectivity index (χ3n) is 4.51. The zero-order valence-corrected chi connectivity index (χ0v) is 16.9. The summed E-state index contributed by atoms with van der Waals surface area (Å²) in [5, 5.41) is 4.01. The first-order chi connectivity index (χ1) is 14.0. The van der Waals surface area contributed by atoms with Crippen LogP contribution in [-0.2, 0) is 10.0 Å². The fourth-order valence-corrected chi connectivity index (χ4v) is 4.00. The smallest absolute Gasteiger partial charge is 0.271 e. The van der Waals surface area contributed by atoms with Crippen LogP contribution in [0.25, 0.3) is 0 Å². The molecule has 0 radical (unpaired) electrons. The molecule has 2 aromatic rings. The molecule has 1 aliphatic rings. The zero-order chi connectivity index (χ0) is 20.7. The minimum Gasteiger partial charge on any atom is -0.497 e. The summed E-state index contributed by atoms with van der Waals surface area (Å²) < 4.78 is 32.8. The number of amides is 1. The van der Waals surface area contributed by atoms with Gasteiger partial charge in [0.15, 0.2) is 0 Å². The normalized spacial score (nSPS) is 16.5. The Morgan fingerprint density at radius 3 is 2.66 bits per heavy atom. The fraction of sp³-hybridized carbons (Fsp3) is 0.238. The molecule has 0 aromatic heterocycles. The molecule has 1 atom stereocenters. The molecule has 2 N–H and O–H groups in total. The van der Waals surface area contributed by atoms with Gasteiger partial charge in [-0.3, -0.25) is 9.52 Å². The van der Waals surface area contributed by atoms with Crippen LogP contribution >= 0.6 is 0 Å². The lowest BCUT2D eigenvalue weighted by Gasteiger charge is -2.12. The minimum atomic E-state index is -3.84. The summed E-state index contributed by atoms with van der Waals surface area (Å²) in [4.78, 5) is 12.3. The summed E-state index contributed by atoms with van der Waals surface area (Å²) in [5.74, 6) is 0.464. The van der Waals surface area contributed by atoms with E-state index in [0.29, 0.717) is 17.4 Å². The van der Waals surface area contributed by atoms with Gasteiger partial charge in [-0.15, -0.1) is 0 Å². The first-order valence-electron chi connectivity index (χ1n) is 9.23. The Bertz CT molecular complexity index is 1010. The number of anilines is 1. The van der Waals surface area contributed by atoms with Gasteiger partial charge in [0.1, 0.15) is 5.75 Å². The van der Waals surface area contributed by atoms with Gasteiger partial charge in [0, 0.05) is 17.5 Å². The zero-order valence-electron chi connectivity index (χ0n) is 16.0. The SMILES string of the molecule is COc1ccc(NS(=O)(=O)c2cccc(C(=O)N/N=C\[C@H]3CC=CCC3)c2)cc1.